The van der Waals surface area contributed by atoms with Crippen LogP contribution in [0.25, 0.3) is 0 Å². The van der Waals surface area contributed by atoms with E-state index in [-0.39, 0.29) is 6.03 Å². The zero-order valence-electron chi connectivity index (χ0n) is 17.6. The van der Waals surface area contributed by atoms with Crippen LogP contribution in [0.4, 0.5) is 10.5 Å². The third-order valence-corrected chi connectivity index (χ3v) is 6.81. The molecule has 0 unspecified atom stereocenters. The molecule has 0 bridgehead atoms. The van der Waals surface area contributed by atoms with Gasteiger partial charge in [0.05, 0.1) is 10.7 Å². The van der Waals surface area contributed by atoms with Crippen LogP contribution in [0.2, 0.25) is 5.02 Å². The third-order valence-electron chi connectivity index (χ3n) is 6.32. The minimum Gasteiger partial charge on any atom is -0.368 e. The van der Waals surface area contributed by atoms with E-state index in [0.29, 0.717) is 6.04 Å². The van der Waals surface area contributed by atoms with Crippen molar-refractivity contribution in [2.45, 2.75) is 45.1 Å². The van der Waals surface area contributed by atoms with Gasteiger partial charge in [0.2, 0.25) is 0 Å². The van der Waals surface area contributed by atoms with Crippen LogP contribution in [0.3, 0.4) is 0 Å². The van der Waals surface area contributed by atoms with E-state index in [1.165, 1.54) is 31.5 Å². The van der Waals surface area contributed by atoms with Gasteiger partial charge >= 0.3 is 6.03 Å². The number of aryl methyl sites for hydroxylation is 1. The van der Waals surface area contributed by atoms with E-state index in [4.69, 9.17) is 11.6 Å². The van der Waals surface area contributed by atoms with Crippen LogP contribution in [0.5, 0.6) is 0 Å². The van der Waals surface area contributed by atoms with Crippen LogP contribution < -0.4 is 10.2 Å². The summed E-state index contributed by atoms with van der Waals surface area (Å²) in [7, 11) is 3.60. The number of anilines is 1. The van der Waals surface area contributed by atoms with Gasteiger partial charge in [-0.05, 0) is 63.1 Å². The number of carbonyl (C=O) groups excluding carboxylic acids is 1. The van der Waals surface area contributed by atoms with Crippen LogP contribution in [0.15, 0.2) is 18.2 Å². The van der Waals surface area contributed by atoms with Crippen LogP contribution in [0, 0.1) is 12.8 Å². The molecule has 1 saturated carbocycles. The lowest BCUT2D eigenvalue weighted by atomic mass is 9.84. The number of hydrogen-bond acceptors (Lipinski definition) is 3. The van der Waals surface area contributed by atoms with E-state index in [2.05, 4.69) is 40.2 Å². The predicted octanol–water partition coefficient (Wildman–Crippen LogP) is 3.99. The highest BCUT2D eigenvalue weighted by Gasteiger charge is 2.24. The number of piperazine rings is 1. The fourth-order valence-corrected chi connectivity index (χ4v) is 4.60. The second kappa shape index (κ2) is 9.84. The number of rotatable bonds is 5. The van der Waals surface area contributed by atoms with Crippen LogP contribution in [0.1, 0.15) is 37.7 Å². The number of nitrogens with one attached hydrogen (secondary N) is 1. The zero-order chi connectivity index (χ0) is 20.1. The standard InChI is InChI=1S/C22H35ClN4O/c1-17-5-4-6-20(21(17)23)27-15-13-26(14-16-27)12-11-18-7-9-19(10-8-18)24-22(28)25(2)3/h4-6,18-19H,7-16H2,1-3H3,(H,24,28)/t18-,19-. The highest BCUT2D eigenvalue weighted by atomic mass is 35.5. The van der Waals surface area contributed by atoms with Crippen LogP contribution in [-0.4, -0.2) is 68.7 Å². The molecule has 28 heavy (non-hydrogen) atoms. The normalized spacial score (nSPS) is 23.5. The van der Waals surface area contributed by atoms with E-state index in [0.717, 1.165) is 55.5 Å². The average Bonchev–Trinajstić information content (AvgIpc) is 2.70. The molecule has 1 heterocycles. The lowest BCUT2D eigenvalue weighted by Crippen LogP contribution is -2.47. The van der Waals surface area contributed by atoms with Gasteiger partial charge in [0.1, 0.15) is 0 Å². The number of hydrogen-bond donors (Lipinski definition) is 1. The molecule has 0 atom stereocenters. The summed E-state index contributed by atoms with van der Waals surface area (Å²) in [5.74, 6) is 0.803. The Morgan fingerprint density at radius 3 is 2.46 bits per heavy atom. The molecule has 1 saturated heterocycles. The number of amides is 2. The van der Waals surface area contributed by atoms with E-state index in [1.54, 1.807) is 19.0 Å². The fraction of sp³-hybridized carbons (Fsp3) is 0.682. The fourth-order valence-electron chi connectivity index (χ4n) is 4.35. The summed E-state index contributed by atoms with van der Waals surface area (Å²) in [6.07, 6.45) is 5.97. The largest absolute Gasteiger partial charge is 0.368 e. The van der Waals surface area contributed by atoms with Crippen LogP contribution >= 0.6 is 11.6 Å². The Bertz CT molecular complexity index is 650. The molecule has 0 radical (unpaired) electrons. The lowest BCUT2D eigenvalue weighted by Gasteiger charge is -2.37. The van der Waals surface area contributed by atoms with E-state index < -0.39 is 0 Å². The Labute approximate surface area is 175 Å². The van der Waals surface area contributed by atoms with Gasteiger partial charge in [-0.2, -0.15) is 0 Å². The number of halogens is 1. The Hall–Kier alpha value is -1.46. The molecule has 2 aliphatic rings. The summed E-state index contributed by atoms with van der Waals surface area (Å²) >= 11 is 6.50. The molecule has 156 valence electrons. The highest BCUT2D eigenvalue weighted by molar-refractivity contribution is 6.34. The second-order valence-electron chi connectivity index (χ2n) is 8.59. The minimum atomic E-state index is 0.0371. The molecule has 0 aromatic heterocycles. The summed E-state index contributed by atoms with van der Waals surface area (Å²) in [6, 6.07) is 6.70. The summed E-state index contributed by atoms with van der Waals surface area (Å²) in [6.45, 7) is 7.58. The Balaban J connectivity index is 1.36. The van der Waals surface area contributed by atoms with Crippen LogP contribution in [-0.2, 0) is 0 Å². The van der Waals surface area contributed by atoms with Crippen molar-refractivity contribution < 1.29 is 4.79 Å². The zero-order valence-corrected chi connectivity index (χ0v) is 18.3. The van der Waals surface area contributed by atoms with Crippen molar-refractivity contribution in [3.8, 4) is 0 Å². The maximum Gasteiger partial charge on any atom is 0.317 e. The van der Waals surface area contributed by atoms with Gasteiger partial charge in [0.25, 0.3) is 0 Å². The molecular weight excluding hydrogens is 372 g/mol. The first-order valence-corrected chi connectivity index (χ1v) is 11.0. The van der Waals surface area contributed by atoms with Crippen molar-refractivity contribution in [1.29, 1.82) is 0 Å². The summed E-state index contributed by atoms with van der Waals surface area (Å²) in [5.41, 5.74) is 2.33. The van der Waals surface area contributed by atoms with Gasteiger partial charge in [0, 0.05) is 46.3 Å². The van der Waals surface area contributed by atoms with Crippen molar-refractivity contribution >= 4 is 23.3 Å². The van der Waals surface area contributed by atoms with Crippen molar-refractivity contribution in [3.63, 3.8) is 0 Å². The van der Waals surface area contributed by atoms with Gasteiger partial charge in [-0.1, -0.05) is 23.7 Å². The smallest absolute Gasteiger partial charge is 0.317 e. The maximum atomic E-state index is 11.8. The number of nitrogens with zero attached hydrogens (tertiary/aromatic N) is 3. The summed E-state index contributed by atoms with van der Waals surface area (Å²) in [4.78, 5) is 18.4. The van der Waals surface area contributed by atoms with Crippen molar-refractivity contribution in [2.24, 2.45) is 5.92 Å². The van der Waals surface area contributed by atoms with Crippen molar-refractivity contribution in [1.82, 2.24) is 15.1 Å². The van der Waals surface area contributed by atoms with Crippen molar-refractivity contribution in [3.05, 3.63) is 28.8 Å². The van der Waals surface area contributed by atoms with E-state index >= 15 is 0 Å². The second-order valence-corrected chi connectivity index (χ2v) is 8.96. The first kappa shape index (κ1) is 21.3. The molecular formula is C22H35ClN4O. The lowest BCUT2D eigenvalue weighted by molar-refractivity contribution is 0.194. The molecule has 1 aromatic carbocycles. The van der Waals surface area contributed by atoms with Gasteiger partial charge in [-0.15, -0.1) is 0 Å². The predicted molar refractivity (Wildman–Crippen MR) is 117 cm³/mol. The molecule has 2 fully saturated rings. The first-order chi connectivity index (χ1) is 13.4. The van der Waals surface area contributed by atoms with E-state index in [1.807, 2.05) is 0 Å². The SMILES string of the molecule is Cc1cccc(N2CCN(CC[C@H]3CC[C@H](NC(=O)N(C)C)CC3)CC2)c1Cl. The van der Waals surface area contributed by atoms with Gasteiger partial charge in [0.15, 0.2) is 0 Å². The summed E-state index contributed by atoms with van der Waals surface area (Å²) in [5, 5.41) is 4.03. The van der Waals surface area contributed by atoms with Gasteiger partial charge < -0.3 is 15.1 Å². The number of carbonyl (C=O) groups is 1. The quantitative estimate of drug-likeness (QED) is 0.803. The molecule has 1 aromatic rings. The maximum absolute atomic E-state index is 11.8. The topological polar surface area (TPSA) is 38.8 Å². The first-order valence-electron chi connectivity index (χ1n) is 10.6. The summed E-state index contributed by atoms with van der Waals surface area (Å²) < 4.78 is 0. The molecule has 5 nitrogen and oxygen atoms in total. The van der Waals surface area contributed by atoms with Gasteiger partial charge in [-0.25, -0.2) is 4.79 Å². The monoisotopic (exact) mass is 406 g/mol. The molecule has 0 spiro atoms. The highest BCUT2D eigenvalue weighted by Crippen LogP contribution is 2.30. The Morgan fingerprint density at radius 1 is 1.14 bits per heavy atom. The Morgan fingerprint density at radius 2 is 1.82 bits per heavy atom. The number of urea groups is 1. The number of benzene rings is 1. The Kier molecular flexibility index (Phi) is 7.47. The third kappa shape index (κ3) is 5.54. The molecule has 2 amide bonds. The minimum absolute atomic E-state index is 0.0371. The molecule has 1 N–H and O–H groups in total. The molecule has 3 rings (SSSR count). The molecule has 1 aliphatic heterocycles. The van der Waals surface area contributed by atoms with Crippen molar-refractivity contribution in [2.75, 3.05) is 51.7 Å². The van der Waals surface area contributed by atoms with Gasteiger partial charge in [-0.3, -0.25) is 4.90 Å². The molecule has 6 heteroatoms. The average molecular weight is 407 g/mol. The molecule has 1 aliphatic carbocycles. The van der Waals surface area contributed by atoms with E-state index in [9.17, 15) is 4.79 Å².